The SMILES string of the molecule is O=C(O)C(=O)CC(=O)c1cccc(Cc2ccccc2O)c1. The summed E-state index contributed by atoms with van der Waals surface area (Å²) in [6.07, 6.45) is -0.226. The molecule has 0 spiro atoms. The van der Waals surface area contributed by atoms with E-state index in [-0.39, 0.29) is 11.3 Å². The van der Waals surface area contributed by atoms with Crippen molar-refractivity contribution in [2.75, 3.05) is 0 Å². The summed E-state index contributed by atoms with van der Waals surface area (Å²) in [5.74, 6) is -3.11. The maximum atomic E-state index is 11.9. The maximum absolute atomic E-state index is 11.9. The minimum Gasteiger partial charge on any atom is -0.508 e. The molecule has 0 aliphatic carbocycles. The zero-order chi connectivity index (χ0) is 16.1. The molecular formula is C17H14O5. The van der Waals surface area contributed by atoms with Crippen LogP contribution in [0.4, 0.5) is 0 Å². The quantitative estimate of drug-likeness (QED) is 0.484. The highest BCUT2D eigenvalue weighted by Gasteiger charge is 2.18. The Balaban J connectivity index is 2.16. The molecule has 0 saturated heterocycles. The minimum absolute atomic E-state index is 0.167. The number of carbonyl (C=O) groups is 3. The van der Waals surface area contributed by atoms with Gasteiger partial charge in [-0.1, -0.05) is 36.4 Å². The molecule has 2 rings (SSSR count). The van der Waals surface area contributed by atoms with Crippen LogP contribution in [-0.2, 0) is 16.0 Å². The topological polar surface area (TPSA) is 91.7 Å². The fraction of sp³-hybridized carbons (Fsp3) is 0.118. The Morgan fingerprint density at radius 2 is 1.68 bits per heavy atom. The van der Waals surface area contributed by atoms with Gasteiger partial charge in [-0.15, -0.1) is 0 Å². The van der Waals surface area contributed by atoms with E-state index in [0.717, 1.165) is 5.56 Å². The number of hydrogen-bond donors (Lipinski definition) is 2. The summed E-state index contributed by atoms with van der Waals surface area (Å²) in [7, 11) is 0. The molecule has 0 aromatic heterocycles. The van der Waals surface area contributed by atoms with Crippen LogP contribution in [0.3, 0.4) is 0 Å². The van der Waals surface area contributed by atoms with Crippen LogP contribution < -0.4 is 0 Å². The van der Waals surface area contributed by atoms with Gasteiger partial charge in [0.15, 0.2) is 5.78 Å². The van der Waals surface area contributed by atoms with Crippen molar-refractivity contribution in [2.24, 2.45) is 0 Å². The van der Waals surface area contributed by atoms with Crippen molar-refractivity contribution in [3.8, 4) is 5.75 Å². The molecule has 5 nitrogen and oxygen atoms in total. The van der Waals surface area contributed by atoms with Gasteiger partial charge in [0, 0.05) is 12.0 Å². The van der Waals surface area contributed by atoms with Crippen molar-refractivity contribution < 1.29 is 24.6 Å². The van der Waals surface area contributed by atoms with E-state index in [1.807, 2.05) is 0 Å². The predicted octanol–water partition coefficient (Wildman–Crippen LogP) is 2.21. The number of hydrogen-bond acceptors (Lipinski definition) is 4. The first-order chi connectivity index (χ1) is 10.5. The summed E-state index contributed by atoms with van der Waals surface area (Å²) in [6.45, 7) is 0. The number of Topliss-reactive ketones (excluding diaryl/α,β-unsaturated/α-hetero) is 2. The van der Waals surface area contributed by atoms with Crippen LogP contribution in [0.5, 0.6) is 5.75 Å². The van der Waals surface area contributed by atoms with E-state index in [2.05, 4.69) is 0 Å². The lowest BCUT2D eigenvalue weighted by atomic mass is 9.99. The van der Waals surface area contributed by atoms with Crippen LogP contribution >= 0.6 is 0 Å². The van der Waals surface area contributed by atoms with Crippen LogP contribution in [0.25, 0.3) is 0 Å². The molecule has 0 bridgehead atoms. The van der Waals surface area contributed by atoms with Gasteiger partial charge < -0.3 is 10.2 Å². The van der Waals surface area contributed by atoms with Gasteiger partial charge in [0.2, 0.25) is 5.78 Å². The van der Waals surface area contributed by atoms with E-state index in [0.29, 0.717) is 12.0 Å². The van der Waals surface area contributed by atoms with E-state index in [9.17, 15) is 19.5 Å². The van der Waals surface area contributed by atoms with Crippen LogP contribution in [0.1, 0.15) is 27.9 Å². The zero-order valence-corrected chi connectivity index (χ0v) is 11.7. The number of phenolic OH excluding ortho intramolecular Hbond substituents is 1. The van der Waals surface area contributed by atoms with Crippen molar-refractivity contribution in [3.63, 3.8) is 0 Å². The molecule has 0 saturated carbocycles. The number of carboxylic acids is 1. The lowest BCUT2D eigenvalue weighted by Crippen LogP contribution is -2.17. The molecular weight excluding hydrogens is 284 g/mol. The van der Waals surface area contributed by atoms with Crippen molar-refractivity contribution in [1.29, 1.82) is 0 Å². The lowest BCUT2D eigenvalue weighted by Gasteiger charge is -2.06. The monoisotopic (exact) mass is 298 g/mol. The Morgan fingerprint density at radius 3 is 2.36 bits per heavy atom. The highest BCUT2D eigenvalue weighted by Crippen LogP contribution is 2.20. The van der Waals surface area contributed by atoms with E-state index in [1.165, 1.54) is 6.07 Å². The summed E-state index contributed by atoms with van der Waals surface area (Å²) in [5.41, 5.74) is 1.78. The Labute approximate surface area is 126 Å². The van der Waals surface area contributed by atoms with Gasteiger partial charge in [-0.2, -0.15) is 0 Å². The fourth-order valence-corrected chi connectivity index (χ4v) is 2.06. The third-order valence-corrected chi connectivity index (χ3v) is 3.19. The second-order valence-corrected chi connectivity index (χ2v) is 4.83. The van der Waals surface area contributed by atoms with Crippen molar-refractivity contribution in [1.82, 2.24) is 0 Å². The summed E-state index contributed by atoms with van der Waals surface area (Å²) < 4.78 is 0. The van der Waals surface area contributed by atoms with Gasteiger partial charge in [0.1, 0.15) is 5.75 Å². The number of carboxylic acid groups (broad SMARTS) is 1. The smallest absolute Gasteiger partial charge is 0.372 e. The van der Waals surface area contributed by atoms with E-state index >= 15 is 0 Å². The lowest BCUT2D eigenvalue weighted by molar-refractivity contribution is -0.148. The molecule has 0 aliphatic heterocycles. The fourth-order valence-electron chi connectivity index (χ4n) is 2.06. The molecule has 0 fully saturated rings. The summed E-state index contributed by atoms with van der Waals surface area (Å²) in [4.78, 5) is 33.5. The second-order valence-electron chi connectivity index (χ2n) is 4.83. The largest absolute Gasteiger partial charge is 0.508 e. The Kier molecular flexibility index (Phi) is 4.68. The van der Waals surface area contributed by atoms with E-state index in [1.54, 1.807) is 42.5 Å². The molecule has 112 valence electrons. The average Bonchev–Trinajstić information content (AvgIpc) is 2.49. The number of rotatable bonds is 6. The predicted molar refractivity (Wildman–Crippen MR) is 78.9 cm³/mol. The number of aromatic hydroxyl groups is 1. The molecule has 0 atom stereocenters. The number of ketones is 2. The number of carbonyl (C=O) groups excluding carboxylic acids is 2. The van der Waals surface area contributed by atoms with Crippen LogP contribution in [0, 0.1) is 0 Å². The molecule has 0 radical (unpaired) electrons. The molecule has 0 heterocycles. The molecule has 2 aromatic carbocycles. The molecule has 5 heteroatoms. The van der Waals surface area contributed by atoms with Gasteiger partial charge in [0.25, 0.3) is 0 Å². The van der Waals surface area contributed by atoms with E-state index < -0.39 is 24.0 Å². The van der Waals surface area contributed by atoms with Crippen LogP contribution in [0.2, 0.25) is 0 Å². The zero-order valence-electron chi connectivity index (χ0n) is 11.7. The minimum atomic E-state index is -1.61. The highest BCUT2D eigenvalue weighted by molar-refractivity contribution is 6.37. The third-order valence-electron chi connectivity index (χ3n) is 3.19. The van der Waals surface area contributed by atoms with Crippen molar-refractivity contribution in [3.05, 3.63) is 65.2 Å². The average molecular weight is 298 g/mol. The molecule has 2 N–H and O–H groups in total. The molecule has 0 aliphatic rings. The number of aliphatic carboxylic acids is 1. The summed E-state index contributed by atoms with van der Waals surface area (Å²) in [6, 6.07) is 13.5. The Morgan fingerprint density at radius 1 is 0.955 bits per heavy atom. The molecule has 0 amide bonds. The molecule has 0 unspecified atom stereocenters. The van der Waals surface area contributed by atoms with Gasteiger partial charge in [-0.05, 0) is 23.3 Å². The molecule has 22 heavy (non-hydrogen) atoms. The second kappa shape index (κ2) is 6.67. The first kappa shape index (κ1) is 15.4. The first-order valence-corrected chi connectivity index (χ1v) is 6.62. The van der Waals surface area contributed by atoms with E-state index in [4.69, 9.17) is 5.11 Å². The standard InChI is InChI=1S/C17H14O5/c18-14-7-2-1-5-12(14)8-11-4-3-6-13(9-11)15(19)10-16(20)17(21)22/h1-7,9,18H,8,10H2,(H,21,22). The highest BCUT2D eigenvalue weighted by atomic mass is 16.4. The Bertz CT molecular complexity index is 733. The number of para-hydroxylation sites is 1. The summed E-state index contributed by atoms with van der Waals surface area (Å²) >= 11 is 0. The van der Waals surface area contributed by atoms with Gasteiger partial charge in [0.05, 0.1) is 6.42 Å². The van der Waals surface area contributed by atoms with Crippen LogP contribution in [0.15, 0.2) is 48.5 Å². The van der Waals surface area contributed by atoms with Gasteiger partial charge in [-0.25, -0.2) is 4.79 Å². The number of benzene rings is 2. The summed E-state index contributed by atoms with van der Waals surface area (Å²) in [5, 5.41) is 18.3. The van der Waals surface area contributed by atoms with Crippen LogP contribution in [-0.4, -0.2) is 27.7 Å². The number of phenols is 1. The normalized spacial score (nSPS) is 10.2. The maximum Gasteiger partial charge on any atom is 0.372 e. The van der Waals surface area contributed by atoms with Crippen molar-refractivity contribution >= 4 is 17.5 Å². The Hall–Kier alpha value is -2.95. The third kappa shape index (κ3) is 3.79. The molecule has 2 aromatic rings. The van der Waals surface area contributed by atoms with Gasteiger partial charge >= 0.3 is 5.97 Å². The first-order valence-electron chi connectivity index (χ1n) is 6.62. The van der Waals surface area contributed by atoms with Gasteiger partial charge in [-0.3, -0.25) is 9.59 Å². The van der Waals surface area contributed by atoms with Crippen molar-refractivity contribution in [2.45, 2.75) is 12.8 Å².